The van der Waals surface area contributed by atoms with Crippen LogP contribution in [0.15, 0.2) is 235 Å². The molecule has 2 heteroatoms. The van der Waals surface area contributed by atoms with Gasteiger partial charge in [-0.2, -0.15) is 0 Å². The van der Waals surface area contributed by atoms with E-state index in [1.807, 2.05) is 0 Å². The van der Waals surface area contributed by atoms with Crippen LogP contribution in [0.4, 0.5) is 11.4 Å². The standard InChI is InChI=1S/C63H54N2/c1-45-18-6-2-13-25-56(51-32-30-48(31-33-51)46-19-7-3-8-20-46)57-26-14-15-28-59(57)63(45)64(54-39-34-49(35-40-54)47-21-9-4-10-22-47)55-41-36-50(37-42-55)52-38-43-62-60(44-52)58-27-16-17-29-61(58)65(62)53-23-11-5-12-24-53/h3-5,7-12,16-17,19-24,27,29-44H,1-2,6,13-15,18,25-26,28H2/b57-56+,63-59?. The molecule has 9 aromatic rings. The van der Waals surface area contributed by atoms with Crippen molar-refractivity contribution >= 4 is 38.8 Å². The Balaban J connectivity index is 1.05. The van der Waals surface area contributed by atoms with Crippen LogP contribution < -0.4 is 4.90 Å². The van der Waals surface area contributed by atoms with Crippen LogP contribution in [0.1, 0.15) is 63.4 Å². The van der Waals surface area contributed by atoms with Crippen LogP contribution in [-0.4, -0.2) is 4.57 Å². The molecular weight excluding hydrogens is 785 g/mol. The van der Waals surface area contributed by atoms with E-state index in [0.717, 1.165) is 43.5 Å². The molecule has 0 radical (unpaired) electrons. The average molecular weight is 839 g/mol. The molecule has 316 valence electrons. The highest BCUT2D eigenvalue weighted by atomic mass is 15.2. The van der Waals surface area contributed by atoms with Crippen LogP contribution in [0.5, 0.6) is 0 Å². The van der Waals surface area contributed by atoms with E-state index in [1.54, 1.807) is 0 Å². The minimum absolute atomic E-state index is 0.987. The molecular formula is C63H54N2. The van der Waals surface area contributed by atoms with Gasteiger partial charge in [0.2, 0.25) is 0 Å². The molecule has 1 heterocycles. The lowest BCUT2D eigenvalue weighted by Gasteiger charge is -2.35. The lowest BCUT2D eigenvalue weighted by Crippen LogP contribution is -2.22. The van der Waals surface area contributed by atoms with Gasteiger partial charge in [0.15, 0.2) is 0 Å². The molecule has 0 spiro atoms. The Morgan fingerprint density at radius 1 is 0.338 bits per heavy atom. The van der Waals surface area contributed by atoms with Gasteiger partial charge in [0.25, 0.3) is 0 Å². The summed E-state index contributed by atoms with van der Waals surface area (Å²) in [6.07, 6.45) is 10.1. The van der Waals surface area contributed by atoms with Gasteiger partial charge < -0.3 is 9.47 Å². The van der Waals surface area contributed by atoms with E-state index in [1.165, 1.54) is 120 Å². The zero-order chi connectivity index (χ0) is 43.5. The van der Waals surface area contributed by atoms with E-state index in [4.69, 9.17) is 6.58 Å². The largest absolute Gasteiger partial charge is 0.310 e. The molecule has 8 aromatic carbocycles. The molecule has 0 N–H and O–H groups in total. The molecule has 0 bridgehead atoms. The highest BCUT2D eigenvalue weighted by Crippen LogP contribution is 2.46. The summed E-state index contributed by atoms with van der Waals surface area (Å²) in [7, 11) is 0. The summed E-state index contributed by atoms with van der Waals surface area (Å²) < 4.78 is 2.39. The first-order chi connectivity index (χ1) is 32.2. The monoisotopic (exact) mass is 838 g/mol. The number of fused-ring (bicyclic) bond motifs is 4. The van der Waals surface area contributed by atoms with Crippen LogP contribution in [0.25, 0.3) is 66.4 Å². The normalized spacial score (nSPS) is 15.8. The van der Waals surface area contributed by atoms with Crippen molar-refractivity contribution in [1.82, 2.24) is 4.57 Å². The minimum atomic E-state index is 0.987. The van der Waals surface area contributed by atoms with Crippen LogP contribution in [-0.2, 0) is 0 Å². The van der Waals surface area contributed by atoms with Crippen LogP contribution >= 0.6 is 0 Å². The molecule has 11 rings (SSSR count). The van der Waals surface area contributed by atoms with Gasteiger partial charge in [0, 0.05) is 27.8 Å². The predicted octanol–water partition coefficient (Wildman–Crippen LogP) is 17.7. The van der Waals surface area contributed by atoms with E-state index < -0.39 is 0 Å². The van der Waals surface area contributed by atoms with E-state index in [-0.39, 0.29) is 0 Å². The van der Waals surface area contributed by atoms with E-state index in [2.05, 4.69) is 216 Å². The third-order valence-corrected chi connectivity index (χ3v) is 13.8. The van der Waals surface area contributed by atoms with Crippen LogP contribution in [0, 0.1) is 0 Å². The molecule has 2 aliphatic rings. The second-order valence-corrected chi connectivity index (χ2v) is 17.8. The Morgan fingerprint density at radius 3 is 1.43 bits per heavy atom. The number of anilines is 2. The maximum absolute atomic E-state index is 4.96. The van der Waals surface area contributed by atoms with Crippen molar-refractivity contribution in [2.45, 2.75) is 57.8 Å². The van der Waals surface area contributed by atoms with Gasteiger partial charge in [-0.05, 0) is 167 Å². The molecule has 1 saturated carbocycles. The van der Waals surface area contributed by atoms with Gasteiger partial charge in [0.1, 0.15) is 0 Å². The zero-order valence-corrected chi connectivity index (χ0v) is 37.1. The summed E-state index contributed by atoms with van der Waals surface area (Å²) in [5, 5.41) is 2.53. The third kappa shape index (κ3) is 7.95. The Hall–Kier alpha value is -7.42. The maximum Gasteiger partial charge on any atom is 0.0541 e. The number of allylic oxidation sites excluding steroid dienone is 4. The molecule has 0 amide bonds. The first-order valence-corrected chi connectivity index (χ1v) is 23.6. The van der Waals surface area contributed by atoms with E-state index >= 15 is 0 Å². The van der Waals surface area contributed by atoms with Gasteiger partial charge >= 0.3 is 0 Å². The van der Waals surface area contributed by atoms with Crippen LogP contribution in [0.2, 0.25) is 0 Å². The Kier molecular flexibility index (Phi) is 11.2. The lowest BCUT2D eigenvalue weighted by atomic mass is 9.79. The maximum atomic E-state index is 4.96. The van der Waals surface area contributed by atoms with Crippen molar-refractivity contribution in [1.29, 1.82) is 0 Å². The quantitative estimate of drug-likeness (QED) is 0.148. The highest BCUT2D eigenvalue weighted by Gasteiger charge is 2.28. The summed E-state index contributed by atoms with van der Waals surface area (Å²) in [5.41, 5.74) is 21.7. The van der Waals surface area contributed by atoms with Gasteiger partial charge in [-0.15, -0.1) is 0 Å². The Bertz CT molecular complexity index is 3190. The van der Waals surface area contributed by atoms with E-state index in [0.29, 0.717) is 0 Å². The summed E-state index contributed by atoms with van der Waals surface area (Å²) in [6.45, 7) is 4.96. The van der Waals surface area contributed by atoms with Gasteiger partial charge in [0.05, 0.1) is 16.7 Å². The number of aromatic nitrogens is 1. The first kappa shape index (κ1) is 40.4. The van der Waals surface area contributed by atoms with Crippen molar-refractivity contribution in [2.24, 2.45) is 0 Å². The van der Waals surface area contributed by atoms with Crippen molar-refractivity contribution in [3.63, 3.8) is 0 Å². The van der Waals surface area contributed by atoms with Gasteiger partial charge in [-0.25, -0.2) is 0 Å². The number of hydrogen-bond acceptors (Lipinski definition) is 1. The second kappa shape index (κ2) is 18.0. The topological polar surface area (TPSA) is 8.17 Å². The fourth-order valence-electron chi connectivity index (χ4n) is 10.6. The Labute approximate surface area is 384 Å². The van der Waals surface area contributed by atoms with Gasteiger partial charge in [-0.3, -0.25) is 0 Å². The van der Waals surface area contributed by atoms with Crippen molar-refractivity contribution in [3.05, 3.63) is 241 Å². The SMILES string of the molecule is C=C1CCCCC/C(c2ccc(-c3ccccc3)cc2)=C2/CCCCC2=C1N(c1ccc(-c2ccccc2)cc1)c1ccc(-c2ccc3c(c2)c2ccccc2n3-c2ccccc2)cc1. The average Bonchev–Trinajstić information content (AvgIpc) is 3.71. The highest BCUT2D eigenvalue weighted by molar-refractivity contribution is 6.10. The fourth-order valence-corrected chi connectivity index (χ4v) is 10.6. The van der Waals surface area contributed by atoms with E-state index in [9.17, 15) is 0 Å². The molecule has 0 aliphatic heterocycles. The van der Waals surface area contributed by atoms with Crippen molar-refractivity contribution in [2.75, 3.05) is 4.90 Å². The first-order valence-electron chi connectivity index (χ1n) is 23.6. The second-order valence-electron chi connectivity index (χ2n) is 17.8. The molecule has 1 aromatic heterocycles. The lowest BCUT2D eigenvalue weighted by molar-refractivity contribution is 0.650. The van der Waals surface area contributed by atoms with Crippen molar-refractivity contribution in [3.8, 4) is 39.1 Å². The van der Waals surface area contributed by atoms with Crippen LogP contribution in [0.3, 0.4) is 0 Å². The number of rotatable bonds is 8. The molecule has 0 saturated heterocycles. The smallest absolute Gasteiger partial charge is 0.0541 e. The fraction of sp³-hybridized carbons (Fsp3) is 0.143. The molecule has 2 nitrogen and oxygen atoms in total. The molecule has 1 fully saturated rings. The number of hydrogen-bond donors (Lipinski definition) is 0. The van der Waals surface area contributed by atoms with Gasteiger partial charge in [-0.1, -0.05) is 165 Å². The predicted molar refractivity (Wildman–Crippen MR) is 277 cm³/mol. The summed E-state index contributed by atoms with van der Waals surface area (Å²) >= 11 is 0. The third-order valence-electron chi connectivity index (χ3n) is 13.8. The zero-order valence-electron chi connectivity index (χ0n) is 37.1. The molecule has 2 aliphatic carbocycles. The minimum Gasteiger partial charge on any atom is -0.310 e. The molecule has 65 heavy (non-hydrogen) atoms. The molecule has 0 atom stereocenters. The number of benzene rings is 8. The summed E-state index contributed by atoms with van der Waals surface area (Å²) in [4.78, 5) is 2.55. The number of nitrogens with zero attached hydrogens (tertiary/aromatic N) is 2. The molecule has 0 unspecified atom stereocenters. The summed E-state index contributed by atoms with van der Waals surface area (Å²) in [5.74, 6) is 0. The Morgan fingerprint density at radius 2 is 0.785 bits per heavy atom. The summed E-state index contributed by atoms with van der Waals surface area (Å²) in [6, 6.07) is 75.9. The number of para-hydroxylation sites is 2. The van der Waals surface area contributed by atoms with Crippen molar-refractivity contribution < 1.29 is 0 Å².